The van der Waals surface area contributed by atoms with Crippen molar-refractivity contribution in [2.75, 3.05) is 33.2 Å². The van der Waals surface area contributed by atoms with Gasteiger partial charge in [0.15, 0.2) is 0 Å². The van der Waals surface area contributed by atoms with E-state index in [2.05, 4.69) is 4.90 Å². The molecule has 1 aromatic carbocycles. The van der Waals surface area contributed by atoms with Crippen molar-refractivity contribution in [3.63, 3.8) is 0 Å². The van der Waals surface area contributed by atoms with Gasteiger partial charge in [0.05, 0.1) is 5.56 Å². The summed E-state index contributed by atoms with van der Waals surface area (Å²) in [6, 6.07) is 4.74. The lowest BCUT2D eigenvalue weighted by Crippen LogP contribution is -2.47. The van der Waals surface area contributed by atoms with Gasteiger partial charge in [-0.3, -0.25) is 4.79 Å². The topological polar surface area (TPSA) is 23.6 Å². The lowest BCUT2D eigenvalue weighted by Gasteiger charge is -2.32. The van der Waals surface area contributed by atoms with Gasteiger partial charge >= 0.3 is 0 Å². The fourth-order valence-corrected chi connectivity index (χ4v) is 2.07. The van der Waals surface area contributed by atoms with Crippen LogP contribution in [0.25, 0.3) is 0 Å². The summed E-state index contributed by atoms with van der Waals surface area (Å²) in [5, 5.41) is 0. The normalized spacial score (nSPS) is 17.2. The number of carbonyl (C=O) groups excluding carboxylic acids is 1. The van der Waals surface area contributed by atoms with E-state index in [4.69, 9.17) is 0 Å². The molecule has 1 amide bonds. The van der Waals surface area contributed by atoms with E-state index in [9.17, 15) is 9.18 Å². The lowest BCUT2D eigenvalue weighted by molar-refractivity contribution is 0.0658. The first kappa shape index (κ1) is 12.0. The van der Waals surface area contributed by atoms with E-state index in [0.717, 1.165) is 13.1 Å². The van der Waals surface area contributed by atoms with E-state index < -0.39 is 5.82 Å². The molecule has 0 aromatic heterocycles. The Hall–Kier alpha value is -1.42. The van der Waals surface area contributed by atoms with Crippen molar-refractivity contribution in [2.45, 2.75) is 6.92 Å². The number of piperazine rings is 1. The van der Waals surface area contributed by atoms with Crippen molar-refractivity contribution in [3.05, 3.63) is 35.1 Å². The van der Waals surface area contributed by atoms with E-state index in [-0.39, 0.29) is 11.5 Å². The van der Waals surface area contributed by atoms with Crippen LogP contribution in [0.15, 0.2) is 18.2 Å². The molecule has 2 rings (SSSR count). The highest BCUT2D eigenvalue weighted by Gasteiger charge is 2.23. The second-order valence-electron chi connectivity index (χ2n) is 4.53. The van der Waals surface area contributed by atoms with E-state index in [1.807, 2.05) is 7.05 Å². The van der Waals surface area contributed by atoms with Crippen LogP contribution >= 0.6 is 0 Å². The Morgan fingerprint density at radius 3 is 2.47 bits per heavy atom. The first-order valence-corrected chi connectivity index (χ1v) is 5.82. The van der Waals surface area contributed by atoms with Crippen molar-refractivity contribution >= 4 is 5.91 Å². The predicted octanol–water partition coefficient (Wildman–Crippen LogP) is 1.52. The van der Waals surface area contributed by atoms with Gasteiger partial charge in [-0.05, 0) is 25.6 Å². The molecule has 92 valence electrons. The molecule has 0 N–H and O–H groups in total. The first-order valence-electron chi connectivity index (χ1n) is 5.82. The molecule has 1 aliphatic rings. The van der Waals surface area contributed by atoms with Gasteiger partial charge in [-0.25, -0.2) is 4.39 Å². The second kappa shape index (κ2) is 4.84. The highest BCUT2D eigenvalue weighted by atomic mass is 19.1. The number of carbonyl (C=O) groups is 1. The number of aryl methyl sites for hydroxylation is 1. The Morgan fingerprint density at radius 1 is 1.24 bits per heavy atom. The molecule has 17 heavy (non-hydrogen) atoms. The first-order chi connectivity index (χ1) is 8.09. The SMILES string of the molecule is Cc1cccc(F)c1C(=O)N1CCN(C)CC1. The molecule has 0 unspecified atom stereocenters. The summed E-state index contributed by atoms with van der Waals surface area (Å²) < 4.78 is 13.7. The van der Waals surface area contributed by atoms with Crippen LogP contribution in [0, 0.1) is 12.7 Å². The summed E-state index contributed by atoms with van der Waals surface area (Å²) in [5.74, 6) is -0.609. The van der Waals surface area contributed by atoms with Gasteiger partial charge in [0.1, 0.15) is 5.82 Å². The van der Waals surface area contributed by atoms with E-state index in [1.54, 1.807) is 24.0 Å². The van der Waals surface area contributed by atoms with Crippen LogP contribution in [-0.4, -0.2) is 48.9 Å². The van der Waals surface area contributed by atoms with E-state index in [1.165, 1.54) is 6.07 Å². The van der Waals surface area contributed by atoms with E-state index >= 15 is 0 Å². The zero-order chi connectivity index (χ0) is 12.4. The number of rotatable bonds is 1. The van der Waals surface area contributed by atoms with Gasteiger partial charge in [-0.2, -0.15) is 0 Å². The fraction of sp³-hybridized carbons (Fsp3) is 0.462. The summed E-state index contributed by atoms with van der Waals surface area (Å²) in [7, 11) is 2.02. The zero-order valence-corrected chi connectivity index (χ0v) is 10.2. The Kier molecular flexibility index (Phi) is 3.43. The molecule has 1 heterocycles. The van der Waals surface area contributed by atoms with Gasteiger partial charge in [0.2, 0.25) is 0 Å². The number of halogens is 1. The molecule has 0 bridgehead atoms. The molecule has 0 aliphatic carbocycles. The molecule has 1 aromatic rings. The third kappa shape index (κ3) is 2.47. The summed E-state index contributed by atoms with van der Waals surface area (Å²) in [5.41, 5.74) is 0.922. The average Bonchev–Trinajstić information content (AvgIpc) is 2.29. The molecule has 0 spiro atoms. The lowest BCUT2D eigenvalue weighted by atomic mass is 10.1. The number of nitrogens with zero attached hydrogens (tertiary/aromatic N) is 2. The van der Waals surface area contributed by atoms with Crippen LogP contribution in [0.3, 0.4) is 0 Å². The van der Waals surface area contributed by atoms with Gasteiger partial charge in [0, 0.05) is 26.2 Å². The Balaban J connectivity index is 2.20. The number of hydrogen-bond acceptors (Lipinski definition) is 2. The highest BCUT2D eigenvalue weighted by molar-refractivity contribution is 5.96. The molecule has 0 atom stereocenters. The predicted molar refractivity (Wildman–Crippen MR) is 64.5 cm³/mol. The van der Waals surface area contributed by atoms with E-state index in [0.29, 0.717) is 18.7 Å². The summed E-state index contributed by atoms with van der Waals surface area (Å²) in [6.45, 7) is 4.80. The van der Waals surface area contributed by atoms with Crippen LogP contribution < -0.4 is 0 Å². The minimum absolute atomic E-state index is 0.186. The maximum Gasteiger partial charge on any atom is 0.257 e. The summed E-state index contributed by atoms with van der Waals surface area (Å²) in [6.07, 6.45) is 0. The van der Waals surface area contributed by atoms with Crippen molar-refractivity contribution in [3.8, 4) is 0 Å². The molecule has 1 saturated heterocycles. The van der Waals surface area contributed by atoms with Crippen molar-refractivity contribution in [2.24, 2.45) is 0 Å². The number of likely N-dealkylation sites (N-methyl/N-ethyl adjacent to an activating group) is 1. The van der Waals surface area contributed by atoms with Crippen LogP contribution in [-0.2, 0) is 0 Å². The number of benzene rings is 1. The number of amides is 1. The Bertz CT molecular complexity index is 405. The smallest absolute Gasteiger partial charge is 0.257 e. The molecule has 1 aliphatic heterocycles. The van der Waals surface area contributed by atoms with Crippen molar-refractivity contribution in [1.82, 2.24) is 9.80 Å². The average molecular weight is 236 g/mol. The summed E-state index contributed by atoms with van der Waals surface area (Å²) >= 11 is 0. The Morgan fingerprint density at radius 2 is 1.88 bits per heavy atom. The minimum Gasteiger partial charge on any atom is -0.336 e. The van der Waals surface area contributed by atoms with Crippen LogP contribution in [0.2, 0.25) is 0 Å². The quantitative estimate of drug-likeness (QED) is 0.738. The molecule has 0 saturated carbocycles. The van der Waals surface area contributed by atoms with Gasteiger partial charge in [-0.1, -0.05) is 12.1 Å². The van der Waals surface area contributed by atoms with Gasteiger partial charge in [0.25, 0.3) is 5.91 Å². The molecule has 4 heteroatoms. The molecular weight excluding hydrogens is 219 g/mol. The molecule has 0 radical (unpaired) electrons. The third-order valence-corrected chi connectivity index (χ3v) is 3.23. The molecule has 3 nitrogen and oxygen atoms in total. The minimum atomic E-state index is -0.422. The zero-order valence-electron chi connectivity index (χ0n) is 10.2. The summed E-state index contributed by atoms with van der Waals surface area (Å²) in [4.78, 5) is 16.1. The second-order valence-corrected chi connectivity index (χ2v) is 4.53. The Labute approximate surface area is 101 Å². The monoisotopic (exact) mass is 236 g/mol. The van der Waals surface area contributed by atoms with Crippen molar-refractivity contribution in [1.29, 1.82) is 0 Å². The van der Waals surface area contributed by atoms with Crippen molar-refractivity contribution < 1.29 is 9.18 Å². The van der Waals surface area contributed by atoms with Gasteiger partial charge < -0.3 is 9.80 Å². The number of hydrogen-bond donors (Lipinski definition) is 0. The van der Waals surface area contributed by atoms with Gasteiger partial charge in [-0.15, -0.1) is 0 Å². The highest BCUT2D eigenvalue weighted by Crippen LogP contribution is 2.16. The molecular formula is C13H17FN2O. The standard InChI is InChI=1S/C13H17FN2O/c1-10-4-3-5-11(14)12(10)13(17)16-8-6-15(2)7-9-16/h3-5H,6-9H2,1-2H3. The fourth-order valence-electron chi connectivity index (χ4n) is 2.07. The maximum atomic E-state index is 13.7. The third-order valence-electron chi connectivity index (χ3n) is 3.23. The largest absolute Gasteiger partial charge is 0.336 e. The maximum absolute atomic E-state index is 13.7. The van der Waals surface area contributed by atoms with Crippen LogP contribution in [0.1, 0.15) is 15.9 Å². The van der Waals surface area contributed by atoms with Crippen LogP contribution in [0.5, 0.6) is 0 Å². The van der Waals surface area contributed by atoms with Crippen LogP contribution in [0.4, 0.5) is 4.39 Å². The molecule has 1 fully saturated rings.